The maximum Gasteiger partial charge on any atom is 0.0625 e. The maximum absolute atomic E-state index is 3.66. The summed E-state index contributed by atoms with van der Waals surface area (Å²) in [5, 5.41) is 20.6. The van der Waals surface area contributed by atoms with Gasteiger partial charge in [0, 0.05) is 114 Å². The minimum absolute atomic E-state index is 1.08. The molecule has 0 atom stereocenters. The molecule has 572 valence electrons. The number of aromatic nitrogens is 6. The summed E-state index contributed by atoms with van der Waals surface area (Å²) in [7, 11) is 0. The van der Waals surface area contributed by atoms with Gasteiger partial charge in [0.2, 0.25) is 0 Å². The number of nitrogens with zero attached hydrogens (tertiary/aromatic N) is 5. The number of H-pyrrole nitrogens is 1. The molecule has 0 bridgehead atoms. The topological polar surface area (TPSA) is 40.4 Å². The molecule has 0 aliphatic heterocycles. The van der Waals surface area contributed by atoms with E-state index < -0.39 is 0 Å². The Labute approximate surface area is 715 Å². The summed E-state index contributed by atoms with van der Waals surface area (Å²) in [6.45, 7) is 0. The first-order valence-corrected chi connectivity index (χ1v) is 43.0. The van der Waals surface area contributed by atoms with Gasteiger partial charge in [-0.1, -0.05) is 283 Å². The molecule has 0 fully saturated rings. The van der Waals surface area contributed by atoms with E-state index in [1.807, 2.05) is 0 Å². The van der Waals surface area contributed by atoms with Crippen LogP contribution in [-0.4, -0.2) is 27.8 Å². The average Bonchev–Trinajstić information content (AvgIpc) is 1.55. The van der Waals surface area contributed by atoms with Gasteiger partial charge in [0.15, 0.2) is 0 Å². The number of aromatic amines is 1. The van der Waals surface area contributed by atoms with E-state index in [1.54, 1.807) is 0 Å². The van der Waals surface area contributed by atoms with Gasteiger partial charge < -0.3 is 27.8 Å². The lowest BCUT2D eigenvalue weighted by atomic mass is 10.0. The molecule has 2 aliphatic rings. The van der Waals surface area contributed by atoms with Crippen molar-refractivity contribution in [1.29, 1.82) is 0 Å². The van der Waals surface area contributed by atoms with E-state index in [0.29, 0.717) is 0 Å². The van der Waals surface area contributed by atoms with E-state index in [9.17, 15) is 0 Å². The van der Waals surface area contributed by atoms with Gasteiger partial charge in [0.25, 0.3) is 0 Å². The third kappa shape index (κ3) is 10.4. The van der Waals surface area contributed by atoms with Crippen molar-refractivity contribution in [2.45, 2.75) is 0 Å². The van der Waals surface area contributed by atoms with Crippen molar-refractivity contribution in [3.05, 3.63) is 429 Å². The van der Waals surface area contributed by atoms with Gasteiger partial charge in [-0.3, -0.25) is 0 Å². The third-order valence-corrected chi connectivity index (χ3v) is 26.8. The number of nitrogens with one attached hydrogen (secondary N) is 1. The number of para-hydroxylation sites is 8. The average molecular weight is 1630 g/mol. The highest BCUT2D eigenvalue weighted by molar-refractivity contribution is 9.10. The molecule has 0 spiro atoms. The summed E-state index contributed by atoms with van der Waals surface area (Å²) in [5.74, 6) is 0. The normalized spacial score (nSPS) is 12.1. The van der Waals surface area contributed by atoms with Crippen LogP contribution >= 0.6 is 15.9 Å². The van der Waals surface area contributed by atoms with Crippen molar-refractivity contribution >= 4 is 168 Å². The standard InChI is InChI=1S/C58H35N3.C36H23BrN2.C22H13N/c1-2-14-39(15-3-1)59-51-21-7-5-17-43(51)49-34-37(24-32-54(49)59)38-25-33-55-50(35-38)44-18-6-8-22-52(44)60(55)40-26-28-41(29-27-40)61-53-23-9-4-16-42(53)47-31-30-46-45-19-10-12-36-13-11-20-48(56(36)45)57(46)58(47)61;37-26-16-18-28(19-17-26)39-34-13-7-5-11-30(34)32-23-25(15-21-36(32)39)24-14-20-35-31(22-24)29-10-4-6-12-33(29)38(35)27-8-2-1-3-9-27;1-2-10-19-14(7-1)17-12-11-16-15-8-3-5-13-6-4-9-18(20(13)15)21(16)22(17)23-19/h1-35H;1-23H;1-12,23H. The van der Waals surface area contributed by atoms with E-state index in [1.165, 1.54) is 231 Å². The molecule has 0 saturated carbocycles. The maximum atomic E-state index is 3.66. The van der Waals surface area contributed by atoms with Gasteiger partial charge in [-0.05, 0) is 235 Å². The monoisotopic (exact) mass is 1630 g/mol. The SMILES string of the molecule is Brc1ccc(-n2c3ccccc3c3cc(-c4ccc5c(c4)c4ccccc4n5-c4ccccc4)ccc32)cc1.c1cc2c3c(cccc3c1)-c1c-2ccc2c1[nH]c1ccccc12.c1ccc(-n2c3ccccc3c3cc(-c4ccc5c(c4)c4ccccc4n5-c4ccc(-n5c6ccccc6c6ccc7c(c65)-c5cccc6cccc-7c56)cc4)ccc32)cc1. The molecule has 123 heavy (non-hydrogen) atoms. The number of benzene rings is 20. The lowest BCUT2D eigenvalue weighted by Gasteiger charge is -2.14. The van der Waals surface area contributed by atoms with Crippen molar-refractivity contribution in [2.24, 2.45) is 0 Å². The molecule has 28 rings (SSSR count). The molecule has 0 unspecified atom stereocenters. The van der Waals surface area contributed by atoms with E-state index >= 15 is 0 Å². The predicted molar refractivity (Wildman–Crippen MR) is 523 cm³/mol. The van der Waals surface area contributed by atoms with Crippen LogP contribution in [0.4, 0.5) is 0 Å². The van der Waals surface area contributed by atoms with E-state index in [4.69, 9.17) is 0 Å². The molecule has 0 radical (unpaired) electrons. The van der Waals surface area contributed by atoms with E-state index in [2.05, 4.69) is 468 Å². The Morgan fingerprint density at radius 3 is 0.919 bits per heavy atom. The molecule has 6 nitrogen and oxygen atoms in total. The molecular weight excluding hydrogens is 1560 g/mol. The molecule has 20 aromatic carbocycles. The highest BCUT2D eigenvalue weighted by Gasteiger charge is 2.29. The predicted octanol–water partition coefficient (Wildman–Crippen LogP) is 31.9. The Morgan fingerprint density at radius 2 is 0.496 bits per heavy atom. The van der Waals surface area contributed by atoms with Crippen LogP contribution in [0.5, 0.6) is 0 Å². The van der Waals surface area contributed by atoms with Crippen LogP contribution < -0.4 is 0 Å². The second-order valence-electron chi connectivity index (χ2n) is 32.7. The largest absolute Gasteiger partial charge is 0.354 e. The first kappa shape index (κ1) is 69.2. The van der Waals surface area contributed by atoms with Crippen LogP contribution in [0.2, 0.25) is 0 Å². The minimum Gasteiger partial charge on any atom is -0.354 e. The Bertz CT molecular complexity index is 8930. The molecular formula is C116H71BrN6. The smallest absolute Gasteiger partial charge is 0.0625 e. The fraction of sp³-hybridized carbons (Fsp3) is 0. The Balaban J connectivity index is 0.000000111. The van der Waals surface area contributed by atoms with Gasteiger partial charge in [0.05, 0.1) is 60.7 Å². The highest BCUT2D eigenvalue weighted by Crippen LogP contribution is 2.54. The Kier molecular flexibility index (Phi) is 15.3. The summed E-state index contributed by atoms with van der Waals surface area (Å²) in [5.41, 5.74) is 36.0. The van der Waals surface area contributed by atoms with Crippen LogP contribution in [0.1, 0.15) is 0 Å². The van der Waals surface area contributed by atoms with Crippen LogP contribution in [0.15, 0.2) is 429 Å². The molecule has 0 amide bonds. The second-order valence-corrected chi connectivity index (χ2v) is 33.7. The van der Waals surface area contributed by atoms with Crippen LogP contribution in [0, 0.1) is 0 Å². The number of hydrogen-bond donors (Lipinski definition) is 1. The quantitative estimate of drug-likeness (QED) is 0.165. The van der Waals surface area contributed by atoms with Crippen molar-refractivity contribution in [3.63, 3.8) is 0 Å². The van der Waals surface area contributed by atoms with Gasteiger partial charge in [-0.25, -0.2) is 0 Å². The number of hydrogen-bond acceptors (Lipinski definition) is 0. The number of rotatable bonds is 7. The lowest BCUT2D eigenvalue weighted by molar-refractivity contribution is 1.15. The van der Waals surface area contributed by atoms with E-state index in [-0.39, 0.29) is 0 Å². The fourth-order valence-electron chi connectivity index (χ4n) is 21.0. The molecule has 6 heterocycles. The zero-order valence-electron chi connectivity index (χ0n) is 66.5. The zero-order valence-corrected chi connectivity index (χ0v) is 68.1. The van der Waals surface area contributed by atoms with Crippen LogP contribution in [0.3, 0.4) is 0 Å². The molecule has 0 saturated heterocycles. The van der Waals surface area contributed by atoms with Gasteiger partial charge >= 0.3 is 0 Å². The van der Waals surface area contributed by atoms with Gasteiger partial charge in [-0.15, -0.1) is 0 Å². The van der Waals surface area contributed by atoms with E-state index in [0.717, 1.165) is 21.5 Å². The van der Waals surface area contributed by atoms with Crippen molar-refractivity contribution < 1.29 is 0 Å². The molecule has 26 aromatic rings. The second kappa shape index (κ2) is 27.1. The van der Waals surface area contributed by atoms with Crippen molar-refractivity contribution in [3.8, 4) is 95.2 Å². The number of halogens is 1. The lowest BCUT2D eigenvalue weighted by Crippen LogP contribution is -1.98. The molecule has 2 aliphatic carbocycles. The summed E-state index contributed by atoms with van der Waals surface area (Å²) < 4.78 is 13.1. The summed E-state index contributed by atoms with van der Waals surface area (Å²) in [6.07, 6.45) is 0. The third-order valence-electron chi connectivity index (χ3n) is 26.3. The summed E-state index contributed by atoms with van der Waals surface area (Å²) in [4.78, 5) is 3.66. The van der Waals surface area contributed by atoms with Crippen LogP contribution in [-0.2, 0) is 0 Å². The van der Waals surface area contributed by atoms with Gasteiger partial charge in [0.1, 0.15) is 0 Å². The summed E-state index contributed by atoms with van der Waals surface area (Å²) in [6, 6.07) is 155. The number of fused-ring (bicyclic) bond motifs is 26. The molecule has 7 heteroatoms. The van der Waals surface area contributed by atoms with Crippen molar-refractivity contribution in [2.75, 3.05) is 0 Å². The first-order chi connectivity index (χ1) is 61.0. The van der Waals surface area contributed by atoms with Crippen LogP contribution in [0.25, 0.3) is 248 Å². The molecule has 1 N–H and O–H groups in total. The van der Waals surface area contributed by atoms with Gasteiger partial charge in [-0.2, -0.15) is 0 Å². The first-order valence-electron chi connectivity index (χ1n) is 42.2. The Morgan fingerprint density at radius 1 is 0.187 bits per heavy atom. The summed E-state index contributed by atoms with van der Waals surface area (Å²) >= 11 is 3.58. The fourth-order valence-corrected chi connectivity index (χ4v) is 21.3. The Hall–Kier alpha value is -15.8. The molecule has 6 aromatic heterocycles. The minimum atomic E-state index is 1.08. The highest BCUT2D eigenvalue weighted by atomic mass is 79.9. The van der Waals surface area contributed by atoms with Crippen molar-refractivity contribution in [1.82, 2.24) is 27.8 Å². The zero-order chi connectivity index (χ0) is 80.6.